The van der Waals surface area contributed by atoms with E-state index in [0.717, 1.165) is 42.5 Å². The molecule has 10 aromatic rings. The fourth-order valence-corrected chi connectivity index (χ4v) is 10.5. The standard InChI is InChI=1S/2C27H23F3N6O2S2/c1-3-12-39-34-22-9-8-21(28)27(25(22)29)36-15-20(17-13-31-16-32-14-17)26-23(36)10-11-24(33-26)35(2)18-4-6-19(7-5-18)40(30,37)38;1-3-11-39-34-22-8-7-21(28)27(25(22)29)36-15-20(17-13-31-16-32-14-17)26-23(36)9-10-24(33-26)35(2)18-5-4-6-19(12-18)40(30,37)38/h4-11,13-16,34H,3,12H2,1-2H3;4-10,12-16,34H,3,11H2,1-2H3. The molecule has 0 spiro atoms. The molecule has 0 aliphatic rings. The van der Waals surface area contributed by atoms with Gasteiger partial charge in [-0.1, -0.05) is 43.8 Å². The third kappa shape index (κ3) is 12.0. The first-order valence-corrected chi connectivity index (χ1v) is 29.0. The Labute approximate surface area is 464 Å². The molecule has 0 unspecified atom stereocenters. The lowest BCUT2D eigenvalue weighted by Gasteiger charge is -2.19. The highest BCUT2D eigenvalue weighted by Crippen LogP contribution is 2.39. The number of nitrogens with one attached hydrogen (secondary N) is 2. The molecule has 10 rings (SSSR count). The first kappa shape index (κ1) is 56.5. The molecule has 0 saturated carbocycles. The number of halogens is 6. The smallest absolute Gasteiger partial charge is 0.329 e. The molecule has 4 aromatic carbocycles. The summed E-state index contributed by atoms with van der Waals surface area (Å²) in [4.78, 5) is 28.1. The number of nitrogens with zero attached hydrogens (tertiary/aromatic N) is 10. The topological polar surface area (TPSA) is 186 Å². The van der Waals surface area contributed by atoms with Crippen LogP contribution in [0, 0.1) is 23.3 Å². The summed E-state index contributed by atoms with van der Waals surface area (Å²) < 4.78 is 143. The van der Waals surface area contributed by atoms with Gasteiger partial charge in [-0.25, -0.2) is 47.5 Å². The van der Waals surface area contributed by atoms with Gasteiger partial charge < -0.3 is 28.4 Å². The average molecular weight is 1170 g/mol. The van der Waals surface area contributed by atoms with Crippen LogP contribution in [0.3, 0.4) is 0 Å². The summed E-state index contributed by atoms with van der Waals surface area (Å²) in [7, 11) is -6.39. The van der Waals surface area contributed by atoms with Crippen molar-refractivity contribution in [2.45, 2.75) is 36.5 Å². The van der Waals surface area contributed by atoms with Crippen molar-refractivity contribution >= 4 is 101 Å². The number of hydrogen-bond acceptors (Lipinski definition) is 16. The molecule has 0 aliphatic heterocycles. The number of benzene rings is 4. The molecule has 16 nitrogen and oxygen atoms in total. The fraction of sp³-hybridized carbons (Fsp3) is 0.148. The highest BCUT2D eigenvalue weighted by molar-refractivity contribution is 8.00. The van der Waals surface area contributed by atoms with Crippen molar-refractivity contribution in [2.24, 2.45) is 0 Å². The van der Waals surface area contributed by atoms with Crippen molar-refractivity contribution in [3.63, 3.8) is 0 Å². The number of pyridine rings is 2. The molecule has 6 heterocycles. The summed E-state index contributed by atoms with van der Waals surface area (Å²) in [5.41, 5.74) is 4.56. The van der Waals surface area contributed by atoms with E-state index in [1.165, 1.54) is 94.2 Å². The van der Waals surface area contributed by atoms with Crippen molar-refractivity contribution in [1.29, 1.82) is 0 Å². The molecule has 0 atom stereocenters. The molecule has 0 radical (unpaired) electrons. The molecule has 0 saturated heterocycles. The number of aromatic nitrogens is 8. The predicted molar refractivity (Wildman–Crippen MR) is 302 cm³/mol. The van der Waals surface area contributed by atoms with Gasteiger partial charge in [-0.15, -0.1) is 7.77 Å². The molecule has 2 N–H and O–H groups in total. The summed E-state index contributed by atoms with van der Waals surface area (Å²) in [5.74, 6) is -0.694. The maximum atomic E-state index is 15.7. The second-order valence-electron chi connectivity index (χ2n) is 17.6. The number of fused-ring (bicyclic) bond motifs is 2. The van der Waals surface area contributed by atoms with Crippen molar-refractivity contribution in [1.82, 2.24) is 39.0 Å². The SMILES string of the molecule is CCCSNc1ccc(F)c(-n2cc(-c3cncnc3)c3nc(N(C)c4ccc(S(=O)(=O)F)cc4)ccc32)c1F.CCCSNc1ccc(F)c(-n2cc(-c3cncnc3)c3nc(N(C)c4cccc(S(=O)(=O)F)c4)ccc32)c1F. The van der Waals surface area contributed by atoms with Crippen LogP contribution in [0.15, 0.2) is 157 Å². The lowest BCUT2D eigenvalue weighted by atomic mass is 10.1. The van der Waals surface area contributed by atoms with Crippen molar-refractivity contribution in [3.8, 4) is 33.6 Å². The fourth-order valence-electron chi connectivity index (χ4n) is 8.31. The largest absolute Gasteiger partial charge is 0.332 e. The van der Waals surface area contributed by atoms with Gasteiger partial charge in [-0.2, -0.15) is 16.8 Å². The van der Waals surface area contributed by atoms with Crippen LogP contribution >= 0.6 is 23.9 Å². The average Bonchev–Trinajstić information content (AvgIpc) is 4.24. The predicted octanol–water partition coefficient (Wildman–Crippen LogP) is 13.3. The van der Waals surface area contributed by atoms with Crippen molar-refractivity contribution in [2.75, 3.05) is 44.8 Å². The van der Waals surface area contributed by atoms with E-state index in [0.29, 0.717) is 67.3 Å². The van der Waals surface area contributed by atoms with Gasteiger partial charge >= 0.3 is 20.4 Å². The van der Waals surface area contributed by atoms with Crippen LogP contribution in [0.25, 0.3) is 55.7 Å². The van der Waals surface area contributed by atoms with Crippen molar-refractivity contribution in [3.05, 3.63) is 170 Å². The Kier molecular flexibility index (Phi) is 17.0. The van der Waals surface area contributed by atoms with E-state index in [4.69, 9.17) is 9.97 Å². The first-order chi connectivity index (χ1) is 38.4. The Morgan fingerprint density at radius 3 is 1.40 bits per heavy atom. The second kappa shape index (κ2) is 24.0. The number of hydrogen-bond donors (Lipinski definition) is 2. The number of rotatable bonds is 18. The lowest BCUT2D eigenvalue weighted by molar-refractivity contribution is 0.550. The molecule has 412 valence electrons. The van der Waals surface area contributed by atoms with Crippen LogP contribution in [0.5, 0.6) is 0 Å². The summed E-state index contributed by atoms with van der Waals surface area (Å²) >= 11 is 2.66. The van der Waals surface area contributed by atoms with Gasteiger partial charge in [0.15, 0.2) is 11.6 Å². The Morgan fingerprint density at radius 2 is 0.975 bits per heavy atom. The van der Waals surface area contributed by atoms with Gasteiger partial charge in [0.1, 0.15) is 52.2 Å². The molecule has 0 amide bonds. The molecule has 80 heavy (non-hydrogen) atoms. The Hall–Kier alpha value is -8.20. The van der Waals surface area contributed by atoms with E-state index in [2.05, 4.69) is 29.4 Å². The number of anilines is 6. The zero-order valence-corrected chi connectivity index (χ0v) is 46.0. The van der Waals surface area contributed by atoms with Gasteiger partial charge in [0, 0.05) is 96.4 Å². The van der Waals surface area contributed by atoms with Crippen LogP contribution in [0.2, 0.25) is 0 Å². The van der Waals surface area contributed by atoms with E-state index < -0.39 is 53.5 Å². The van der Waals surface area contributed by atoms with E-state index >= 15 is 17.6 Å². The zero-order valence-electron chi connectivity index (χ0n) is 42.7. The summed E-state index contributed by atoms with van der Waals surface area (Å²) in [6.07, 6.45) is 13.9. The molecule has 26 heteroatoms. The van der Waals surface area contributed by atoms with Gasteiger partial charge in [0.05, 0.1) is 38.3 Å². The maximum Gasteiger partial charge on any atom is 0.332 e. The molecular weight excluding hydrogens is 1120 g/mol. The quantitative estimate of drug-likeness (QED) is 0.0357. The van der Waals surface area contributed by atoms with E-state index in [9.17, 15) is 24.6 Å². The monoisotopic (exact) mass is 1170 g/mol. The summed E-state index contributed by atoms with van der Waals surface area (Å²) in [5, 5.41) is 0. The van der Waals surface area contributed by atoms with Crippen LogP contribution < -0.4 is 19.2 Å². The minimum atomic E-state index is -4.91. The lowest BCUT2D eigenvalue weighted by Crippen LogP contribution is -2.12. The third-order valence-corrected chi connectivity index (χ3v) is 15.9. The summed E-state index contributed by atoms with van der Waals surface area (Å²) in [6.45, 7) is 4.00. The first-order valence-electron chi connectivity index (χ1n) is 24.2. The zero-order chi connectivity index (χ0) is 56.9. The Morgan fingerprint density at radius 1 is 0.537 bits per heavy atom. The highest BCUT2D eigenvalue weighted by atomic mass is 32.3. The third-order valence-electron chi connectivity index (χ3n) is 12.3. The van der Waals surface area contributed by atoms with Crippen LogP contribution in [0.1, 0.15) is 26.7 Å². The highest BCUT2D eigenvalue weighted by Gasteiger charge is 2.25. The van der Waals surface area contributed by atoms with Gasteiger partial charge in [0.2, 0.25) is 0 Å². The summed E-state index contributed by atoms with van der Waals surface area (Å²) in [6, 6.07) is 22.4. The van der Waals surface area contributed by atoms with Crippen LogP contribution in [0.4, 0.5) is 59.7 Å². The molecular formula is C54H46F6N12O4S4. The molecule has 0 bridgehead atoms. The van der Waals surface area contributed by atoms with E-state index in [-0.39, 0.29) is 22.7 Å². The molecule has 0 aliphatic carbocycles. The van der Waals surface area contributed by atoms with Crippen LogP contribution in [-0.2, 0) is 20.4 Å². The second-order valence-corrected chi connectivity index (χ2v) is 22.1. The Balaban J connectivity index is 0.000000194. The normalized spacial score (nSPS) is 11.6. The Bertz CT molecular complexity index is 4110. The minimum absolute atomic E-state index is 0.147. The maximum absolute atomic E-state index is 15.7. The van der Waals surface area contributed by atoms with Gasteiger partial charge in [0.25, 0.3) is 0 Å². The van der Waals surface area contributed by atoms with E-state index in [1.54, 1.807) is 91.4 Å². The van der Waals surface area contributed by atoms with Gasteiger partial charge in [-0.05, 0) is 104 Å². The van der Waals surface area contributed by atoms with Gasteiger partial charge in [-0.3, -0.25) is 0 Å². The van der Waals surface area contributed by atoms with Crippen LogP contribution in [-0.4, -0.2) is 81.5 Å². The van der Waals surface area contributed by atoms with Crippen molar-refractivity contribution < 1.29 is 42.2 Å². The molecule has 0 fully saturated rings. The molecule has 6 aromatic heterocycles. The van der Waals surface area contributed by atoms with E-state index in [1.807, 2.05) is 13.8 Å². The minimum Gasteiger partial charge on any atom is -0.329 e.